The number of hydrogen-bond donors (Lipinski definition) is 2. The van der Waals surface area contributed by atoms with Crippen LogP contribution >= 0.6 is 46.8 Å². The number of nitrogen functional groups attached to an aromatic ring is 1. The number of alkyl halides is 6. The summed E-state index contributed by atoms with van der Waals surface area (Å²) in [4.78, 5) is 25.2. The minimum Gasteiger partial charge on any atom is -0.335 e. The van der Waals surface area contributed by atoms with E-state index in [0.29, 0.717) is 12.1 Å². The maximum atomic E-state index is 14.6. The summed E-state index contributed by atoms with van der Waals surface area (Å²) in [7, 11) is -4.45. The van der Waals surface area contributed by atoms with Gasteiger partial charge in [0.25, 0.3) is 5.56 Å². The molecule has 0 saturated heterocycles. The van der Waals surface area contributed by atoms with Gasteiger partial charge in [0.2, 0.25) is 10.0 Å². The summed E-state index contributed by atoms with van der Waals surface area (Å²) in [6, 6.07) is 0.792. The molecule has 32 heavy (non-hydrogen) atoms. The molecule has 2 aromatic rings. The number of aromatic nitrogens is 2. The number of rotatable bonds is 6. The second-order valence-corrected chi connectivity index (χ2v) is 11.3. The highest BCUT2D eigenvalue weighted by molar-refractivity contribution is 8.16. The Morgan fingerprint density at radius 3 is 2.25 bits per heavy atom. The SMILES string of the molecule is CCS(=O)(=O)N(SC(F)(Cl)Cl)c1cc(-c2c(C(F)(F)F)n(N)c(=O)[nH]c2=O)c(F)cc1Cl. The normalized spacial score (nSPS) is 12.8. The van der Waals surface area contributed by atoms with Crippen LogP contribution in [0, 0.1) is 5.82 Å². The lowest BCUT2D eigenvalue weighted by Crippen LogP contribution is -2.41. The molecule has 18 heteroatoms. The van der Waals surface area contributed by atoms with Gasteiger partial charge in [-0.1, -0.05) is 34.8 Å². The molecule has 8 nitrogen and oxygen atoms in total. The summed E-state index contributed by atoms with van der Waals surface area (Å²) >= 11 is 15.9. The third kappa shape index (κ3) is 5.44. The molecule has 0 saturated carbocycles. The fourth-order valence-corrected chi connectivity index (χ4v) is 5.61. The van der Waals surface area contributed by atoms with E-state index in [0.717, 1.165) is 6.92 Å². The maximum absolute atomic E-state index is 14.6. The molecule has 0 aliphatic rings. The third-order valence-corrected chi connectivity index (χ3v) is 7.34. The van der Waals surface area contributed by atoms with Crippen molar-refractivity contribution in [2.75, 3.05) is 15.3 Å². The standard InChI is InChI=1S/C14H10Cl3F5N4O4S2/c1-2-32(29,30)26(31-14(16,17)22)8-3-5(7(18)4-6(8)15)9-10(13(19,20)21)25(23)12(28)24-11(9)27/h3-4H,2,23H2,1H3,(H,24,27,28). The summed E-state index contributed by atoms with van der Waals surface area (Å²) in [6.07, 6.45) is -5.42. The van der Waals surface area contributed by atoms with Crippen molar-refractivity contribution >= 4 is 62.5 Å². The van der Waals surface area contributed by atoms with E-state index in [2.05, 4.69) is 0 Å². The third-order valence-electron chi connectivity index (χ3n) is 3.72. The number of H-pyrrole nitrogens is 1. The Morgan fingerprint density at radius 2 is 1.78 bits per heavy atom. The van der Waals surface area contributed by atoms with Crippen LogP contribution in [-0.2, 0) is 16.2 Å². The van der Waals surface area contributed by atoms with Gasteiger partial charge < -0.3 is 5.84 Å². The van der Waals surface area contributed by atoms with Gasteiger partial charge in [0, 0.05) is 17.5 Å². The monoisotopic (exact) mass is 562 g/mol. The molecule has 1 aromatic carbocycles. The Balaban J connectivity index is 2.98. The van der Waals surface area contributed by atoms with Crippen LogP contribution < -0.4 is 20.8 Å². The molecule has 0 aliphatic heterocycles. The Bertz CT molecular complexity index is 1280. The van der Waals surface area contributed by atoms with Crippen LogP contribution in [0.4, 0.5) is 27.6 Å². The average Bonchev–Trinajstić information content (AvgIpc) is 2.61. The second-order valence-electron chi connectivity index (χ2n) is 5.80. The van der Waals surface area contributed by atoms with Crippen LogP contribution in [0.1, 0.15) is 12.6 Å². The summed E-state index contributed by atoms with van der Waals surface area (Å²) in [5, 5.41) is -0.709. The quantitative estimate of drug-likeness (QED) is 0.240. The number of anilines is 1. The van der Waals surface area contributed by atoms with Crippen molar-refractivity contribution in [3.8, 4) is 11.1 Å². The largest absolute Gasteiger partial charge is 0.434 e. The summed E-state index contributed by atoms with van der Waals surface area (Å²) < 4.78 is 90.3. The molecule has 0 aliphatic carbocycles. The lowest BCUT2D eigenvalue weighted by molar-refractivity contribution is -0.143. The minimum atomic E-state index is -5.42. The van der Waals surface area contributed by atoms with Gasteiger partial charge in [-0.15, -0.1) is 0 Å². The van der Waals surface area contributed by atoms with Gasteiger partial charge >= 0.3 is 15.8 Å². The van der Waals surface area contributed by atoms with E-state index in [1.54, 1.807) is 0 Å². The van der Waals surface area contributed by atoms with Gasteiger partial charge in [-0.3, -0.25) is 9.78 Å². The van der Waals surface area contributed by atoms with Crippen LogP contribution in [0.3, 0.4) is 0 Å². The molecule has 0 atom stereocenters. The van der Waals surface area contributed by atoms with Crippen molar-refractivity contribution in [1.29, 1.82) is 0 Å². The van der Waals surface area contributed by atoms with Crippen molar-refractivity contribution in [2.24, 2.45) is 0 Å². The van der Waals surface area contributed by atoms with Gasteiger partial charge in [0.15, 0.2) is 5.69 Å². The number of nitrogens with one attached hydrogen (secondary N) is 1. The zero-order chi connectivity index (χ0) is 24.8. The highest BCUT2D eigenvalue weighted by atomic mass is 35.5. The molecule has 1 heterocycles. The molecule has 0 spiro atoms. The van der Waals surface area contributed by atoms with E-state index in [1.807, 2.05) is 0 Å². The van der Waals surface area contributed by atoms with E-state index in [9.17, 15) is 40.0 Å². The van der Waals surface area contributed by atoms with Crippen molar-refractivity contribution in [3.63, 3.8) is 0 Å². The molecule has 0 radical (unpaired) electrons. The Kier molecular flexibility index (Phi) is 7.41. The highest BCUT2D eigenvalue weighted by Gasteiger charge is 2.41. The molecule has 0 fully saturated rings. The molecule has 1 aromatic heterocycles. The van der Waals surface area contributed by atoms with Crippen LogP contribution in [-0.4, -0.2) is 27.7 Å². The number of sulfonamides is 1. The predicted molar refractivity (Wildman–Crippen MR) is 112 cm³/mol. The number of nitrogens with zero attached hydrogens (tertiary/aromatic N) is 2. The Labute approximate surface area is 195 Å². The van der Waals surface area contributed by atoms with E-state index in [4.69, 9.17) is 40.6 Å². The lowest BCUT2D eigenvalue weighted by atomic mass is 10.0. The molecule has 0 amide bonds. The number of benzene rings is 1. The Morgan fingerprint density at radius 1 is 1.22 bits per heavy atom. The van der Waals surface area contributed by atoms with E-state index >= 15 is 0 Å². The fourth-order valence-electron chi connectivity index (χ4n) is 2.41. The van der Waals surface area contributed by atoms with Crippen molar-refractivity contribution in [1.82, 2.24) is 9.66 Å². The molecular formula is C14H10Cl3F5N4O4S2. The van der Waals surface area contributed by atoms with Crippen LogP contribution in [0.5, 0.6) is 0 Å². The first kappa shape index (κ1) is 26.6. The smallest absolute Gasteiger partial charge is 0.335 e. The van der Waals surface area contributed by atoms with Gasteiger partial charge in [-0.2, -0.15) is 17.6 Å². The number of aromatic amines is 1. The van der Waals surface area contributed by atoms with E-state index < -0.39 is 75.1 Å². The molecule has 0 bridgehead atoms. The second kappa shape index (κ2) is 8.93. The molecule has 3 N–H and O–H groups in total. The van der Waals surface area contributed by atoms with Crippen LogP contribution in [0.15, 0.2) is 21.7 Å². The van der Waals surface area contributed by atoms with Gasteiger partial charge in [0.05, 0.1) is 22.0 Å². The van der Waals surface area contributed by atoms with E-state index in [1.165, 1.54) is 4.98 Å². The minimum absolute atomic E-state index is 0.123. The first-order chi connectivity index (χ1) is 14.4. The van der Waals surface area contributed by atoms with Crippen molar-refractivity contribution < 1.29 is 30.4 Å². The summed E-state index contributed by atoms with van der Waals surface area (Å²) in [6.45, 7) is 1.13. The number of nitrogens with two attached hydrogens (primary N) is 1. The molecule has 0 unspecified atom stereocenters. The summed E-state index contributed by atoms with van der Waals surface area (Å²) in [5.41, 5.74) is -8.77. The average molecular weight is 564 g/mol. The summed E-state index contributed by atoms with van der Waals surface area (Å²) in [5.74, 6) is 2.89. The molecule has 2 rings (SSSR count). The lowest BCUT2D eigenvalue weighted by Gasteiger charge is -2.26. The fraction of sp³-hybridized carbons (Fsp3) is 0.286. The van der Waals surface area contributed by atoms with Gasteiger partial charge in [-0.25, -0.2) is 26.0 Å². The highest BCUT2D eigenvalue weighted by Crippen LogP contribution is 2.46. The van der Waals surface area contributed by atoms with Crippen LogP contribution in [0.2, 0.25) is 5.02 Å². The number of hydrogen-bond acceptors (Lipinski definition) is 6. The first-order valence-electron chi connectivity index (χ1n) is 7.90. The van der Waals surface area contributed by atoms with Crippen molar-refractivity contribution in [2.45, 2.75) is 17.0 Å². The zero-order valence-corrected chi connectivity index (χ0v) is 19.2. The van der Waals surface area contributed by atoms with E-state index in [-0.39, 0.29) is 15.7 Å². The molecule has 178 valence electrons. The Hall–Kier alpha value is -1.68. The van der Waals surface area contributed by atoms with Crippen LogP contribution in [0.25, 0.3) is 11.1 Å². The van der Waals surface area contributed by atoms with Gasteiger partial charge in [0.1, 0.15) is 5.82 Å². The van der Waals surface area contributed by atoms with Gasteiger partial charge in [-0.05, 0) is 19.1 Å². The number of halogens is 8. The topological polar surface area (TPSA) is 118 Å². The molecular weight excluding hydrogens is 554 g/mol. The first-order valence-corrected chi connectivity index (χ1v) is 11.4. The zero-order valence-electron chi connectivity index (χ0n) is 15.3. The predicted octanol–water partition coefficient (Wildman–Crippen LogP) is 3.59. The maximum Gasteiger partial charge on any atom is 0.434 e. The van der Waals surface area contributed by atoms with Crippen molar-refractivity contribution in [3.05, 3.63) is 49.5 Å².